The van der Waals surface area contributed by atoms with Gasteiger partial charge in [-0.15, -0.1) is 0 Å². The van der Waals surface area contributed by atoms with E-state index in [1.165, 1.54) is 167 Å². The molecule has 0 rings (SSSR count). The smallest absolute Gasteiger partial charge is 0.361 e. The lowest BCUT2D eigenvalue weighted by Crippen LogP contribution is -2.40. The molecule has 0 saturated carbocycles. The third-order valence-electron chi connectivity index (χ3n) is 10.9. The van der Waals surface area contributed by atoms with E-state index in [2.05, 4.69) is 13.8 Å². The lowest BCUT2D eigenvalue weighted by molar-refractivity contribution is -0.870. The van der Waals surface area contributed by atoms with E-state index in [1.807, 2.05) is 21.1 Å². The average Bonchev–Trinajstić information content (AvgIpc) is 3.17. The number of carbonyl (C=O) groups is 3. The molecule has 2 unspecified atom stereocenters. The summed E-state index contributed by atoms with van der Waals surface area (Å²) in [5.74, 6) is -1.99. The highest BCUT2D eigenvalue weighted by molar-refractivity contribution is 5.71. The first kappa shape index (κ1) is 55.3. The minimum Gasteiger partial charge on any atom is -0.477 e. The number of carbonyl (C=O) groups excluding carboxylic acids is 2. The number of nitrogens with zero attached hydrogens (tertiary/aromatic N) is 1. The Morgan fingerprint density at radius 1 is 0.456 bits per heavy atom. The second-order valence-electron chi connectivity index (χ2n) is 17.8. The van der Waals surface area contributed by atoms with Crippen molar-refractivity contribution >= 4 is 17.9 Å². The van der Waals surface area contributed by atoms with Crippen LogP contribution in [0.5, 0.6) is 0 Å². The number of likely N-dealkylation sites (N-methyl/N-ethyl adjacent to an activating group) is 1. The van der Waals surface area contributed by atoms with Crippen molar-refractivity contribution in [1.29, 1.82) is 0 Å². The quantitative estimate of drug-likeness (QED) is 0.0280. The highest BCUT2D eigenvalue weighted by Crippen LogP contribution is 2.17. The molecule has 0 amide bonds. The van der Waals surface area contributed by atoms with Crippen molar-refractivity contribution in [2.75, 3.05) is 47.5 Å². The van der Waals surface area contributed by atoms with Crippen LogP contribution in [0.1, 0.15) is 232 Å². The lowest BCUT2D eigenvalue weighted by atomic mass is 10.0. The highest BCUT2D eigenvalue weighted by Gasteiger charge is 2.25. The summed E-state index contributed by atoms with van der Waals surface area (Å²) in [6, 6.07) is 0. The summed E-state index contributed by atoms with van der Waals surface area (Å²) in [6.45, 7) is 4.87. The van der Waals surface area contributed by atoms with Crippen LogP contribution in [0.4, 0.5) is 0 Å². The van der Waals surface area contributed by atoms with E-state index in [9.17, 15) is 19.5 Å². The maximum absolute atomic E-state index is 12.8. The predicted molar refractivity (Wildman–Crippen MR) is 235 cm³/mol. The standard InChI is InChI=1S/C48H93NO8/c1-6-8-10-12-14-16-17-18-19-20-21-22-23-24-25-26-27-28-29-30-31-33-35-37-39-46(51)57-44(43-56-48(47(52)53)54-41-40-49(3,4)5)42-55-45(50)38-36-34-32-15-13-11-9-7-2/h44,48H,6-43H2,1-5H3/p+1. The normalized spacial score (nSPS) is 12.8. The first-order chi connectivity index (χ1) is 27.6. The number of esters is 2. The van der Waals surface area contributed by atoms with Gasteiger partial charge in [-0.05, 0) is 12.8 Å². The molecule has 0 saturated heterocycles. The zero-order valence-corrected chi connectivity index (χ0v) is 38.3. The van der Waals surface area contributed by atoms with Crippen LogP contribution in [-0.4, -0.2) is 87.4 Å². The van der Waals surface area contributed by atoms with E-state index in [0.717, 1.165) is 38.5 Å². The molecule has 0 bridgehead atoms. The molecule has 0 aliphatic rings. The minimum atomic E-state index is -1.50. The molecule has 0 heterocycles. The van der Waals surface area contributed by atoms with Crippen LogP contribution in [0.2, 0.25) is 0 Å². The second-order valence-corrected chi connectivity index (χ2v) is 17.8. The number of unbranched alkanes of at least 4 members (excludes halogenated alkanes) is 30. The molecule has 57 heavy (non-hydrogen) atoms. The minimum absolute atomic E-state index is 0.174. The fraction of sp³-hybridized carbons (Fsp3) is 0.938. The highest BCUT2D eigenvalue weighted by atomic mass is 16.7. The molecule has 0 spiro atoms. The Labute approximate surface area is 352 Å². The summed E-state index contributed by atoms with van der Waals surface area (Å²) in [5, 5.41) is 9.62. The van der Waals surface area contributed by atoms with Gasteiger partial charge in [-0.3, -0.25) is 9.59 Å². The van der Waals surface area contributed by atoms with Crippen molar-refractivity contribution in [3.8, 4) is 0 Å². The number of hydrogen-bond donors (Lipinski definition) is 1. The zero-order chi connectivity index (χ0) is 42.1. The number of rotatable bonds is 45. The van der Waals surface area contributed by atoms with Gasteiger partial charge < -0.3 is 28.5 Å². The zero-order valence-electron chi connectivity index (χ0n) is 38.3. The van der Waals surface area contributed by atoms with Gasteiger partial charge in [-0.1, -0.05) is 206 Å². The molecule has 0 aromatic heterocycles. The number of ether oxygens (including phenoxy) is 4. The van der Waals surface area contributed by atoms with Gasteiger partial charge in [0.25, 0.3) is 6.29 Å². The van der Waals surface area contributed by atoms with Gasteiger partial charge in [0, 0.05) is 12.8 Å². The molecule has 0 aliphatic carbocycles. The average molecular weight is 813 g/mol. The van der Waals surface area contributed by atoms with E-state index < -0.39 is 18.4 Å². The summed E-state index contributed by atoms with van der Waals surface area (Å²) in [7, 11) is 5.96. The van der Waals surface area contributed by atoms with Crippen LogP contribution in [-0.2, 0) is 33.3 Å². The predicted octanol–water partition coefficient (Wildman–Crippen LogP) is 12.9. The molecule has 0 radical (unpaired) electrons. The number of quaternary nitrogens is 1. The van der Waals surface area contributed by atoms with Crippen molar-refractivity contribution in [1.82, 2.24) is 0 Å². The van der Waals surface area contributed by atoms with E-state index in [4.69, 9.17) is 18.9 Å². The number of hydrogen-bond acceptors (Lipinski definition) is 7. The van der Waals surface area contributed by atoms with Crippen LogP contribution in [0.3, 0.4) is 0 Å². The first-order valence-electron chi connectivity index (χ1n) is 24.2. The van der Waals surface area contributed by atoms with E-state index in [0.29, 0.717) is 17.4 Å². The van der Waals surface area contributed by atoms with Gasteiger partial charge in [0.2, 0.25) is 0 Å². The Balaban J connectivity index is 4.15. The molecule has 0 aromatic carbocycles. The van der Waals surface area contributed by atoms with Crippen LogP contribution >= 0.6 is 0 Å². The molecule has 0 aromatic rings. The fourth-order valence-electron chi connectivity index (χ4n) is 7.07. The third kappa shape index (κ3) is 42.2. The molecule has 9 heteroatoms. The fourth-order valence-corrected chi connectivity index (χ4v) is 7.07. The second kappa shape index (κ2) is 41.0. The van der Waals surface area contributed by atoms with Crippen molar-refractivity contribution in [2.24, 2.45) is 0 Å². The maximum Gasteiger partial charge on any atom is 0.361 e. The molecule has 1 N–H and O–H groups in total. The van der Waals surface area contributed by atoms with Crippen LogP contribution in [0.15, 0.2) is 0 Å². The molecule has 2 atom stereocenters. The van der Waals surface area contributed by atoms with Crippen molar-refractivity contribution < 1.29 is 42.9 Å². The summed E-state index contributed by atoms with van der Waals surface area (Å²) >= 11 is 0. The van der Waals surface area contributed by atoms with Crippen molar-refractivity contribution in [2.45, 2.75) is 245 Å². The summed E-state index contributed by atoms with van der Waals surface area (Å²) < 4.78 is 22.7. The molecule has 338 valence electrons. The van der Waals surface area contributed by atoms with Crippen LogP contribution < -0.4 is 0 Å². The molecular weight excluding hydrogens is 719 g/mol. The van der Waals surface area contributed by atoms with Gasteiger partial charge in [0.1, 0.15) is 13.2 Å². The number of carboxylic acids is 1. The number of aliphatic carboxylic acids is 1. The van der Waals surface area contributed by atoms with Gasteiger partial charge in [-0.2, -0.15) is 0 Å². The molecule has 0 aliphatic heterocycles. The Morgan fingerprint density at radius 3 is 1.12 bits per heavy atom. The van der Waals surface area contributed by atoms with Gasteiger partial charge in [0.15, 0.2) is 6.10 Å². The Kier molecular flexibility index (Phi) is 39.8. The Bertz CT molecular complexity index is 907. The topological polar surface area (TPSA) is 108 Å². The summed E-state index contributed by atoms with van der Waals surface area (Å²) in [4.78, 5) is 37.0. The molecule has 0 fully saturated rings. The van der Waals surface area contributed by atoms with Gasteiger partial charge in [0.05, 0.1) is 34.4 Å². The maximum atomic E-state index is 12.8. The molecule has 9 nitrogen and oxygen atoms in total. The van der Waals surface area contributed by atoms with Gasteiger partial charge in [-0.25, -0.2) is 4.79 Å². The van der Waals surface area contributed by atoms with Crippen LogP contribution in [0, 0.1) is 0 Å². The Morgan fingerprint density at radius 2 is 0.789 bits per heavy atom. The van der Waals surface area contributed by atoms with Crippen molar-refractivity contribution in [3.05, 3.63) is 0 Å². The van der Waals surface area contributed by atoms with Crippen molar-refractivity contribution in [3.63, 3.8) is 0 Å². The summed E-state index contributed by atoms with van der Waals surface area (Å²) in [6.07, 6.45) is 39.0. The van der Waals surface area contributed by atoms with E-state index in [-0.39, 0.29) is 38.2 Å². The third-order valence-corrected chi connectivity index (χ3v) is 10.9. The summed E-state index contributed by atoms with van der Waals surface area (Å²) in [5.41, 5.74) is 0. The monoisotopic (exact) mass is 813 g/mol. The van der Waals surface area contributed by atoms with Crippen LogP contribution in [0.25, 0.3) is 0 Å². The SMILES string of the molecule is CCCCCCCCCCCCCCCCCCCCCCCCCCC(=O)OC(COC(=O)CCCCCCCCCC)COC(OCC[N+](C)(C)C)C(=O)O. The van der Waals surface area contributed by atoms with E-state index >= 15 is 0 Å². The number of carboxylic acid groups (broad SMARTS) is 1. The lowest BCUT2D eigenvalue weighted by Gasteiger charge is -2.25. The molecular formula is C48H94NO8+. The first-order valence-corrected chi connectivity index (χ1v) is 24.2. The largest absolute Gasteiger partial charge is 0.477 e. The Hall–Kier alpha value is -1.71. The van der Waals surface area contributed by atoms with E-state index in [1.54, 1.807) is 0 Å². The van der Waals surface area contributed by atoms with Gasteiger partial charge >= 0.3 is 17.9 Å².